The monoisotopic (exact) mass is 676 g/mol. The van der Waals surface area contributed by atoms with Gasteiger partial charge in [-0.3, -0.25) is 24.1 Å². The van der Waals surface area contributed by atoms with Crippen LogP contribution < -0.4 is 9.88 Å². The first kappa shape index (κ1) is 35.9. The van der Waals surface area contributed by atoms with E-state index in [9.17, 15) is 19.2 Å². The number of aromatic nitrogens is 1. The van der Waals surface area contributed by atoms with Crippen LogP contribution in [0, 0.1) is 5.92 Å². The van der Waals surface area contributed by atoms with Crippen molar-refractivity contribution in [3.63, 3.8) is 0 Å². The summed E-state index contributed by atoms with van der Waals surface area (Å²) in [7, 11) is 0. The lowest BCUT2D eigenvalue weighted by Gasteiger charge is -2.44. The van der Waals surface area contributed by atoms with Gasteiger partial charge in [0.25, 0.3) is 17.7 Å². The molecule has 3 amide bonds. The summed E-state index contributed by atoms with van der Waals surface area (Å²) >= 11 is 0. The van der Waals surface area contributed by atoms with Gasteiger partial charge in [-0.1, -0.05) is 80.1 Å². The Kier molecular flexibility index (Phi) is 11.1. The molecule has 0 aliphatic carbocycles. The van der Waals surface area contributed by atoms with Crippen LogP contribution in [0.5, 0.6) is 0 Å². The molecule has 0 radical (unpaired) electrons. The van der Waals surface area contributed by atoms with E-state index in [-0.39, 0.29) is 37.3 Å². The van der Waals surface area contributed by atoms with E-state index in [4.69, 9.17) is 4.74 Å². The Balaban J connectivity index is 1.54. The maximum atomic E-state index is 14.8. The van der Waals surface area contributed by atoms with E-state index in [0.29, 0.717) is 23.4 Å². The second-order valence-electron chi connectivity index (χ2n) is 13.9. The molecule has 2 aliphatic heterocycles. The van der Waals surface area contributed by atoms with Gasteiger partial charge < -0.3 is 15.0 Å². The lowest BCUT2D eigenvalue weighted by molar-refractivity contribution is -0.687. The molecule has 2 aliphatic rings. The second-order valence-corrected chi connectivity index (χ2v) is 13.9. The zero-order valence-electron chi connectivity index (χ0n) is 29.6. The predicted molar refractivity (Wildman–Crippen MR) is 192 cm³/mol. The molecule has 0 saturated carbocycles. The Morgan fingerprint density at radius 3 is 2.22 bits per heavy atom. The zero-order chi connectivity index (χ0) is 36.0. The fourth-order valence-electron chi connectivity index (χ4n) is 5.98. The number of nitrogens with zero attached hydrogens (tertiary/aromatic N) is 4. The third kappa shape index (κ3) is 8.42. The number of amides is 3. The number of allylic oxidation sites excluding steroid dienone is 2. The second kappa shape index (κ2) is 15.4. The Bertz CT molecular complexity index is 1810. The van der Waals surface area contributed by atoms with Crippen LogP contribution in [-0.4, -0.2) is 70.0 Å². The van der Waals surface area contributed by atoms with Crippen LogP contribution in [0.25, 0.3) is 5.70 Å². The van der Waals surface area contributed by atoms with Crippen molar-refractivity contribution in [2.75, 3.05) is 13.2 Å². The van der Waals surface area contributed by atoms with Gasteiger partial charge in [0, 0.05) is 24.8 Å². The van der Waals surface area contributed by atoms with Crippen molar-refractivity contribution >= 4 is 35.1 Å². The summed E-state index contributed by atoms with van der Waals surface area (Å²) in [5.41, 5.74) is 3.00. The molecule has 1 N–H and O–H groups in total. The summed E-state index contributed by atoms with van der Waals surface area (Å²) in [4.78, 5) is 63.6. The highest BCUT2D eigenvalue weighted by Gasteiger charge is 2.45. The predicted octanol–water partition coefficient (Wildman–Crippen LogP) is 4.75. The molecule has 0 saturated heterocycles. The van der Waals surface area contributed by atoms with E-state index in [1.807, 2.05) is 119 Å². The maximum Gasteiger partial charge on any atom is 0.259 e. The summed E-state index contributed by atoms with van der Waals surface area (Å²) < 4.78 is 7.47. The minimum Gasteiger partial charge on any atom is -0.473 e. The summed E-state index contributed by atoms with van der Waals surface area (Å²) in [6.45, 7) is 12.2. The van der Waals surface area contributed by atoms with E-state index in [1.165, 1.54) is 15.4 Å². The number of rotatable bonds is 12. The van der Waals surface area contributed by atoms with Crippen LogP contribution in [0.15, 0.2) is 108 Å². The maximum absolute atomic E-state index is 14.8. The molecule has 50 heavy (non-hydrogen) atoms. The summed E-state index contributed by atoms with van der Waals surface area (Å²) in [6, 6.07) is 20.2. The molecule has 1 aromatic heterocycles. The van der Waals surface area contributed by atoms with E-state index >= 15 is 0 Å². The van der Waals surface area contributed by atoms with Gasteiger partial charge in [0.1, 0.15) is 18.7 Å². The van der Waals surface area contributed by atoms with Gasteiger partial charge in [0.15, 0.2) is 18.9 Å². The Hall–Kier alpha value is -5.38. The van der Waals surface area contributed by atoms with Gasteiger partial charge in [0.05, 0.1) is 23.3 Å². The van der Waals surface area contributed by atoms with E-state index in [0.717, 1.165) is 5.56 Å². The van der Waals surface area contributed by atoms with Crippen LogP contribution in [0.2, 0.25) is 0 Å². The lowest BCUT2D eigenvalue weighted by Crippen LogP contribution is -2.60. The topological polar surface area (TPSA) is 112 Å². The Morgan fingerprint density at radius 1 is 1.00 bits per heavy atom. The molecular formula is C40H46N5O5+. The summed E-state index contributed by atoms with van der Waals surface area (Å²) in [6.07, 6.45) is 7.65. The number of benzene rings is 2. The molecule has 260 valence electrons. The zero-order valence-corrected chi connectivity index (χ0v) is 29.6. The highest BCUT2D eigenvalue weighted by atomic mass is 16.5. The molecule has 5 rings (SSSR count). The standard InChI is InChI=1S/C40H45N5O5/c1-27(2)17-20-43-21-18-31(19-22-43)38(48)44-25-33(30-15-11-8-12-16-30)45(39(49)35(44)28(3)4)32(23-29-13-9-7-10-14-29)36(47)41-24-34(46)37-42-40(5,6)26-50-37/h7-19,21-22,25,28,32,35H,20,23-24,26H2,1-6H3/p+1/t32-,35+/m0/s1. The van der Waals surface area contributed by atoms with Crippen molar-refractivity contribution < 1.29 is 28.5 Å². The molecule has 0 bridgehead atoms. The Labute approximate surface area is 294 Å². The first-order valence-electron chi connectivity index (χ1n) is 17.0. The highest BCUT2D eigenvalue weighted by molar-refractivity contribution is 6.37. The van der Waals surface area contributed by atoms with Gasteiger partial charge in [-0.05, 0) is 50.8 Å². The fourth-order valence-corrected chi connectivity index (χ4v) is 5.98. The first-order chi connectivity index (χ1) is 23.8. The smallest absolute Gasteiger partial charge is 0.259 e. The van der Waals surface area contributed by atoms with Gasteiger partial charge in [0.2, 0.25) is 11.7 Å². The third-order valence-electron chi connectivity index (χ3n) is 8.61. The van der Waals surface area contributed by atoms with Gasteiger partial charge in [-0.25, -0.2) is 9.56 Å². The quantitative estimate of drug-likeness (QED) is 0.220. The number of ether oxygens (including phenoxy) is 1. The number of aliphatic imine (C=N–C) groups is 1. The van der Waals surface area contributed by atoms with Gasteiger partial charge >= 0.3 is 0 Å². The Morgan fingerprint density at radius 2 is 1.64 bits per heavy atom. The highest BCUT2D eigenvalue weighted by Crippen LogP contribution is 2.33. The summed E-state index contributed by atoms with van der Waals surface area (Å²) in [5.74, 6) is -2.00. The number of hydrogen-bond donors (Lipinski definition) is 1. The molecule has 3 aromatic rings. The molecule has 0 fully saturated rings. The molecule has 2 atom stereocenters. The molecule has 2 aromatic carbocycles. The van der Waals surface area contributed by atoms with Crippen molar-refractivity contribution in [1.29, 1.82) is 0 Å². The van der Waals surface area contributed by atoms with E-state index < -0.39 is 35.2 Å². The SMILES string of the molecule is CC(C)=CC[n+]1ccc(C(=O)N2C=C(c3ccccc3)N([C@@H](Cc3ccccc3)C(=O)NCC(=O)C3=NC(C)(C)CO3)C(=O)[C@H]2C(C)C)cc1. The first-order valence-corrected chi connectivity index (χ1v) is 17.0. The van der Waals surface area contributed by atoms with E-state index in [1.54, 1.807) is 18.3 Å². The number of Topliss-reactive ketones (excluding diaryl/α,β-unsaturated/α-hetero) is 1. The number of nitrogens with one attached hydrogen (secondary N) is 1. The van der Waals surface area contributed by atoms with Crippen LogP contribution in [0.3, 0.4) is 0 Å². The average Bonchev–Trinajstić information content (AvgIpc) is 3.48. The molecule has 0 spiro atoms. The van der Waals surface area contributed by atoms with Crippen molar-refractivity contribution in [2.45, 2.75) is 72.1 Å². The number of ketones is 1. The van der Waals surface area contributed by atoms with E-state index in [2.05, 4.69) is 16.4 Å². The molecular weight excluding hydrogens is 630 g/mol. The fraction of sp³-hybridized carbons (Fsp3) is 0.350. The minimum absolute atomic E-state index is 0.0220. The van der Waals surface area contributed by atoms with Crippen LogP contribution in [-0.2, 0) is 32.1 Å². The average molecular weight is 677 g/mol. The van der Waals surface area contributed by atoms with Crippen LogP contribution in [0.4, 0.5) is 0 Å². The van der Waals surface area contributed by atoms with Crippen molar-refractivity contribution in [1.82, 2.24) is 15.1 Å². The lowest BCUT2D eigenvalue weighted by atomic mass is 9.93. The number of hydrogen-bond acceptors (Lipinski definition) is 6. The molecule has 3 heterocycles. The number of carbonyl (C=O) groups is 4. The number of pyridine rings is 1. The molecule has 10 nitrogen and oxygen atoms in total. The molecule has 10 heteroatoms. The van der Waals surface area contributed by atoms with Gasteiger partial charge in [-0.15, -0.1) is 0 Å². The summed E-state index contributed by atoms with van der Waals surface area (Å²) in [5, 5.41) is 2.77. The van der Waals surface area contributed by atoms with Crippen molar-refractivity contribution in [3.05, 3.63) is 120 Å². The molecule has 0 unspecified atom stereocenters. The van der Waals surface area contributed by atoms with Crippen molar-refractivity contribution in [3.8, 4) is 0 Å². The third-order valence-corrected chi connectivity index (χ3v) is 8.61. The van der Waals surface area contributed by atoms with Crippen molar-refractivity contribution in [2.24, 2.45) is 10.9 Å². The number of carbonyl (C=O) groups excluding carboxylic acids is 4. The van der Waals surface area contributed by atoms with Crippen LogP contribution >= 0.6 is 0 Å². The normalized spacial score (nSPS) is 17.4. The van der Waals surface area contributed by atoms with Crippen LogP contribution in [0.1, 0.15) is 63.0 Å². The minimum atomic E-state index is -1.05. The van der Waals surface area contributed by atoms with Gasteiger partial charge in [-0.2, -0.15) is 0 Å². The largest absolute Gasteiger partial charge is 0.473 e.